The second kappa shape index (κ2) is 12.8. The van der Waals surface area contributed by atoms with E-state index in [9.17, 15) is 14.4 Å². The zero-order valence-corrected chi connectivity index (χ0v) is 17.7. The number of hydrogen-bond donors (Lipinski definition) is 3. The van der Waals surface area contributed by atoms with Gasteiger partial charge in [0, 0.05) is 64.7 Å². The summed E-state index contributed by atoms with van der Waals surface area (Å²) in [6.07, 6.45) is 3.71. The lowest BCUT2D eigenvalue weighted by atomic mass is 10.2. The summed E-state index contributed by atoms with van der Waals surface area (Å²) >= 11 is 0. The van der Waals surface area contributed by atoms with Crippen LogP contribution in [-0.4, -0.2) is 110 Å². The minimum absolute atomic E-state index is 0.0251. The lowest BCUT2D eigenvalue weighted by molar-refractivity contribution is -0.137. The summed E-state index contributed by atoms with van der Waals surface area (Å²) < 4.78 is 0. The van der Waals surface area contributed by atoms with E-state index in [4.69, 9.17) is 5.11 Å². The number of carboxylic acids is 1. The van der Waals surface area contributed by atoms with Gasteiger partial charge in [0.15, 0.2) is 0 Å². The molecule has 0 aliphatic carbocycles. The Morgan fingerprint density at radius 2 is 1.59 bits per heavy atom. The molecule has 2 aliphatic rings. The predicted molar refractivity (Wildman–Crippen MR) is 111 cm³/mol. The second-order valence-corrected chi connectivity index (χ2v) is 8.17. The molecule has 9 nitrogen and oxygen atoms in total. The third kappa shape index (κ3) is 9.56. The smallest absolute Gasteiger partial charge is 0.303 e. The van der Waals surface area contributed by atoms with Gasteiger partial charge >= 0.3 is 5.97 Å². The Morgan fingerprint density at radius 3 is 2.28 bits per heavy atom. The molecule has 0 radical (unpaired) electrons. The van der Waals surface area contributed by atoms with Gasteiger partial charge in [0.2, 0.25) is 11.8 Å². The molecule has 2 fully saturated rings. The zero-order chi connectivity index (χ0) is 21.1. The van der Waals surface area contributed by atoms with E-state index in [1.165, 1.54) is 0 Å². The Kier molecular flexibility index (Phi) is 10.4. The summed E-state index contributed by atoms with van der Waals surface area (Å²) in [6, 6.07) is 0.459. The third-order valence-electron chi connectivity index (χ3n) is 5.70. The predicted octanol–water partition coefficient (Wildman–Crippen LogP) is -0.424. The van der Waals surface area contributed by atoms with E-state index < -0.39 is 5.97 Å². The van der Waals surface area contributed by atoms with Gasteiger partial charge in [0.05, 0.1) is 6.54 Å². The largest absolute Gasteiger partial charge is 0.481 e. The second-order valence-electron chi connectivity index (χ2n) is 8.17. The first-order valence-electron chi connectivity index (χ1n) is 10.8. The highest BCUT2D eigenvalue weighted by molar-refractivity contribution is 5.78. The first kappa shape index (κ1) is 23.6. The van der Waals surface area contributed by atoms with Crippen LogP contribution >= 0.6 is 0 Å². The van der Waals surface area contributed by atoms with Crippen molar-refractivity contribution in [3.63, 3.8) is 0 Å². The first-order chi connectivity index (χ1) is 13.9. The number of likely N-dealkylation sites (tertiary alicyclic amines) is 1. The molecule has 0 saturated carbocycles. The van der Waals surface area contributed by atoms with Gasteiger partial charge in [0.25, 0.3) is 0 Å². The summed E-state index contributed by atoms with van der Waals surface area (Å²) in [5.74, 6) is -0.931. The Balaban J connectivity index is 1.55. The molecule has 3 N–H and O–H groups in total. The molecule has 2 amide bonds. The Morgan fingerprint density at radius 1 is 0.931 bits per heavy atom. The summed E-state index contributed by atoms with van der Waals surface area (Å²) in [5.41, 5.74) is 0. The number of hydrogen-bond acceptors (Lipinski definition) is 6. The van der Waals surface area contributed by atoms with Crippen molar-refractivity contribution in [1.82, 2.24) is 25.3 Å². The van der Waals surface area contributed by atoms with Crippen molar-refractivity contribution < 1.29 is 19.5 Å². The molecule has 0 spiro atoms. The van der Waals surface area contributed by atoms with Gasteiger partial charge in [-0.25, -0.2) is 0 Å². The topological polar surface area (TPSA) is 105 Å². The highest BCUT2D eigenvalue weighted by Gasteiger charge is 2.28. The highest BCUT2D eigenvalue weighted by atomic mass is 16.5. The zero-order valence-electron chi connectivity index (χ0n) is 17.7. The van der Waals surface area contributed by atoms with Crippen molar-refractivity contribution in [1.29, 1.82) is 0 Å². The number of amides is 2. The molecule has 9 heteroatoms. The highest BCUT2D eigenvalue weighted by Crippen LogP contribution is 2.18. The van der Waals surface area contributed by atoms with E-state index in [-0.39, 0.29) is 18.2 Å². The van der Waals surface area contributed by atoms with Crippen molar-refractivity contribution in [2.45, 2.75) is 44.6 Å². The summed E-state index contributed by atoms with van der Waals surface area (Å²) in [4.78, 5) is 41.5. The summed E-state index contributed by atoms with van der Waals surface area (Å²) in [5, 5.41) is 14.2. The van der Waals surface area contributed by atoms with Gasteiger partial charge in [-0.1, -0.05) is 0 Å². The van der Waals surface area contributed by atoms with E-state index in [0.29, 0.717) is 44.9 Å². The normalized spacial score (nSPS) is 21.2. The van der Waals surface area contributed by atoms with Crippen molar-refractivity contribution in [2.24, 2.45) is 0 Å². The van der Waals surface area contributed by atoms with E-state index in [0.717, 1.165) is 52.1 Å². The van der Waals surface area contributed by atoms with Crippen LogP contribution in [0.4, 0.5) is 0 Å². The Hall–Kier alpha value is -1.71. The number of nitrogens with zero attached hydrogens (tertiary/aromatic N) is 3. The van der Waals surface area contributed by atoms with Crippen LogP contribution in [0.3, 0.4) is 0 Å². The van der Waals surface area contributed by atoms with Crippen molar-refractivity contribution in [2.75, 3.05) is 66.0 Å². The Labute approximate surface area is 173 Å². The van der Waals surface area contributed by atoms with Gasteiger partial charge in [-0.3, -0.25) is 24.2 Å². The molecule has 1 unspecified atom stereocenters. The summed E-state index contributed by atoms with van der Waals surface area (Å²) in [6.45, 7) is 7.74. The number of carbonyl (C=O) groups excluding carboxylic acids is 2. The van der Waals surface area contributed by atoms with Gasteiger partial charge < -0.3 is 20.6 Å². The molecule has 2 aliphatic heterocycles. The van der Waals surface area contributed by atoms with Crippen LogP contribution in [0.1, 0.15) is 38.5 Å². The van der Waals surface area contributed by atoms with Crippen LogP contribution in [0.25, 0.3) is 0 Å². The van der Waals surface area contributed by atoms with Crippen LogP contribution in [0.15, 0.2) is 0 Å². The molecule has 0 bridgehead atoms. The maximum Gasteiger partial charge on any atom is 0.303 e. The van der Waals surface area contributed by atoms with E-state index >= 15 is 0 Å². The average molecular weight is 423 g/mol. The van der Waals surface area contributed by atoms with E-state index in [2.05, 4.69) is 32.4 Å². The number of piperazine rings is 1. The standard InChI is InChI=1S/C20H37N5O4/c1-23-11-13-24(14-12-23)15-17-5-4-10-25(17)16-19(27)22-8-2-6-18(26)21-9-3-7-20(28)29/h17H,2-16H2,1H3,(H,21,26)(H,22,27)(H,28,29)/i2+1,3+1,6+1,7+1,8+1,9+1,18+1,19+1,20+1,21+1,24+1,25+1. The quantitative estimate of drug-likeness (QED) is 0.222. The first-order valence-corrected chi connectivity index (χ1v) is 10.8. The van der Waals surface area contributed by atoms with Crippen molar-refractivity contribution >= 4 is 17.8 Å². The third-order valence-corrected chi connectivity index (χ3v) is 5.70. The van der Waals surface area contributed by atoms with Crippen LogP contribution in [0.5, 0.6) is 0 Å². The molecule has 0 aromatic rings. The number of nitrogens with one attached hydrogen (secondary N) is 2. The average Bonchev–Trinajstić information content (AvgIpc) is 3.10. The number of rotatable bonds is 12. The molecule has 0 aromatic heterocycles. The van der Waals surface area contributed by atoms with Gasteiger partial charge in [0.1, 0.15) is 0 Å². The van der Waals surface area contributed by atoms with E-state index in [1.54, 1.807) is 0 Å². The van der Waals surface area contributed by atoms with E-state index in [1.807, 2.05) is 0 Å². The van der Waals surface area contributed by atoms with Gasteiger partial charge in [-0.15, -0.1) is 0 Å². The fraction of sp³-hybridized carbons (Fsp3) is 0.850. The lowest BCUT2D eigenvalue weighted by Crippen LogP contribution is -2.50. The van der Waals surface area contributed by atoms with Crippen LogP contribution in [0.2, 0.25) is 0 Å². The fourth-order valence-corrected chi connectivity index (χ4v) is 3.91. The molecule has 0 aromatic carbocycles. The molecule has 1 atom stereocenters. The van der Waals surface area contributed by atoms with Crippen LogP contribution in [-0.2, 0) is 14.4 Å². The van der Waals surface area contributed by atoms with Gasteiger partial charge in [-0.2, -0.15) is 0 Å². The van der Waals surface area contributed by atoms with Crippen LogP contribution < -0.4 is 10.6 Å². The Bertz CT molecular complexity index is 537. The fourth-order valence-electron chi connectivity index (χ4n) is 3.91. The minimum atomic E-state index is -0.856. The molecule has 2 rings (SSSR count). The molecule has 29 heavy (non-hydrogen) atoms. The van der Waals surface area contributed by atoms with Crippen LogP contribution in [0, 0.1) is 0 Å². The van der Waals surface area contributed by atoms with Gasteiger partial charge in [-0.05, 0) is 39.3 Å². The van der Waals surface area contributed by atoms with Crippen molar-refractivity contribution in [3.05, 3.63) is 0 Å². The maximum absolute atomic E-state index is 12.3. The summed E-state index contributed by atoms with van der Waals surface area (Å²) in [7, 11) is 2.16. The number of likely N-dealkylation sites (N-methyl/N-ethyl adjacent to an activating group) is 1. The number of aliphatic carboxylic acids is 1. The molecule has 2 heterocycles. The molecule has 166 valence electrons. The number of carboxylic acid groups (broad SMARTS) is 1. The SMILES string of the molecule is CN1CC[15N](CC2CCC[15N]2C[13C](=O)N[13CH2][13CH2][13CH2][13C](=O)[15NH][13CH2][13CH2][13CH2][13C](=O)O)CC1. The lowest BCUT2D eigenvalue weighted by Gasteiger charge is -2.36. The molecular formula is C20H37N5O4. The molecule has 2 saturated heterocycles. The molecular weight excluding hydrogens is 386 g/mol. The monoisotopic (exact) mass is 423 g/mol. The number of carbonyl (C=O) groups is 3. The van der Waals surface area contributed by atoms with Crippen molar-refractivity contribution in [3.8, 4) is 0 Å². The minimum Gasteiger partial charge on any atom is -0.481 e. The maximum atomic E-state index is 12.3.